The highest BCUT2D eigenvalue weighted by Gasteiger charge is 2.42. The van der Waals surface area contributed by atoms with Crippen molar-refractivity contribution in [2.75, 3.05) is 5.32 Å². The van der Waals surface area contributed by atoms with E-state index in [0.717, 1.165) is 24.3 Å². The van der Waals surface area contributed by atoms with E-state index in [1.165, 1.54) is 18.2 Å². The lowest BCUT2D eigenvalue weighted by atomic mass is 10.1. The van der Waals surface area contributed by atoms with Gasteiger partial charge in [0.05, 0.1) is 22.3 Å². The second-order valence-electron chi connectivity index (χ2n) is 8.15. The fraction of sp³-hybridized carbons (Fsp3) is 0.154. The molecule has 0 saturated heterocycles. The molecule has 0 fully saturated rings. The zero-order valence-electron chi connectivity index (χ0n) is 20.1. The number of ether oxygens (including phenoxy) is 2. The number of carbonyl (C=O) groups is 4. The summed E-state index contributed by atoms with van der Waals surface area (Å²) in [5.74, 6) is -6.66. The van der Waals surface area contributed by atoms with Crippen molar-refractivity contribution in [3.63, 3.8) is 0 Å². The van der Waals surface area contributed by atoms with Gasteiger partial charge in [0.25, 0.3) is 5.91 Å². The Morgan fingerprint density at radius 3 is 1.61 bits per heavy atom. The van der Waals surface area contributed by atoms with E-state index in [2.05, 4.69) is 21.2 Å². The molecule has 3 rings (SSSR count). The third-order valence-corrected chi connectivity index (χ3v) is 5.68. The molecule has 0 spiro atoms. The summed E-state index contributed by atoms with van der Waals surface area (Å²) in [5, 5.41) is 12.0. The highest BCUT2D eigenvalue weighted by Crippen LogP contribution is 2.31. The highest BCUT2D eigenvalue weighted by atomic mass is 79.9. The molecule has 0 unspecified atom stereocenters. The van der Waals surface area contributed by atoms with Crippen molar-refractivity contribution >= 4 is 45.4 Å². The van der Waals surface area contributed by atoms with Crippen LogP contribution in [0.1, 0.15) is 31.8 Å². The summed E-state index contributed by atoms with van der Waals surface area (Å²) in [4.78, 5) is 50.5. The number of aliphatic carboxylic acids is 1. The maximum atomic E-state index is 13.1. The van der Waals surface area contributed by atoms with Crippen molar-refractivity contribution in [2.24, 2.45) is 0 Å². The van der Waals surface area contributed by atoms with E-state index >= 15 is 0 Å². The Kier molecular flexibility index (Phi) is 9.42. The Morgan fingerprint density at radius 2 is 1.17 bits per heavy atom. The molecular weight excluding hydrogens is 632 g/mol. The predicted molar refractivity (Wildman–Crippen MR) is 132 cm³/mol. The van der Waals surface area contributed by atoms with Gasteiger partial charge in [-0.15, -0.1) is 0 Å². The lowest BCUT2D eigenvalue weighted by Crippen LogP contribution is -2.48. The van der Waals surface area contributed by atoms with Gasteiger partial charge in [-0.3, -0.25) is 4.79 Å². The average molecular weight is 648 g/mol. The van der Waals surface area contributed by atoms with E-state index in [1.807, 2.05) is 0 Å². The number of esters is 2. The quantitative estimate of drug-likeness (QED) is 0.229. The van der Waals surface area contributed by atoms with Crippen LogP contribution in [0.2, 0.25) is 0 Å². The Bertz CT molecular complexity index is 1470. The standard InChI is InChI=1S/C26H16BrF6NO7/c27-17-8-3-9-18(12-17)34-21(35)19(40-23(38)13-4-1-6-15(10-13)25(28,29)30)20(22(36)37)41-24(39)14-5-2-7-16(11-14)26(31,32)33/h1-12,19-20H,(H,34,35)(H,36,37)/t19-,20+/m1/s1. The minimum absolute atomic E-state index is 0.0397. The molecule has 2 N–H and O–H groups in total. The number of carboxylic acids is 1. The topological polar surface area (TPSA) is 119 Å². The van der Waals surface area contributed by atoms with Crippen LogP contribution < -0.4 is 5.32 Å². The number of halogens is 7. The average Bonchev–Trinajstić information content (AvgIpc) is 2.89. The van der Waals surface area contributed by atoms with Crippen molar-refractivity contribution in [2.45, 2.75) is 24.6 Å². The molecule has 0 bridgehead atoms. The van der Waals surface area contributed by atoms with Crippen molar-refractivity contribution in [3.05, 3.63) is 99.5 Å². The predicted octanol–water partition coefficient (Wildman–Crippen LogP) is 5.96. The molecule has 41 heavy (non-hydrogen) atoms. The Labute approximate surface area is 235 Å². The first-order valence-electron chi connectivity index (χ1n) is 11.1. The minimum Gasteiger partial charge on any atom is -0.478 e. The number of nitrogens with one attached hydrogen (secondary N) is 1. The van der Waals surface area contributed by atoms with Crippen molar-refractivity contribution in [3.8, 4) is 0 Å². The van der Waals surface area contributed by atoms with E-state index < -0.39 is 70.6 Å². The summed E-state index contributed by atoms with van der Waals surface area (Å²) in [6.45, 7) is 0. The lowest BCUT2D eigenvalue weighted by molar-refractivity contribution is -0.157. The van der Waals surface area contributed by atoms with Crippen LogP contribution in [0.15, 0.2) is 77.3 Å². The molecule has 15 heteroatoms. The van der Waals surface area contributed by atoms with Gasteiger partial charge in [-0.2, -0.15) is 26.3 Å². The van der Waals surface area contributed by atoms with Crippen LogP contribution in [0.4, 0.5) is 32.0 Å². The molecule has 0 heterocycles. The Balaban J connectivity index is 1.97. The molecule has 8 nitrogen and oxygen atoms in total. The van der Waals surface area contributed by atoms with Crippen LogP contribution in [0, 0.1) is 0 Å². The summed E-state index contributed by atoms with van der Waals surface area (Å²) in [6, 6.07) is 11.2. The molecule has 2 atom stereocenters. The van der Waals surface area contributed by atoms with Gasteiger partial charge in [-0.05, 0) is 54.6 Å². The largest absolute Gasteiger partial charge is 0.478 e. The van der Waals surface area contributed by atoms with E-state index in [-0.39, 0.29) is 5.69 Å². The monoisotopic (exact) mass is 647 g/mol. The minimum atomic E-state index is -4.87. The number of rotatable bonds is 8. The Morgan fingerprint density at radius 1 is 0.707 bits per heavy atom. The SMILES string of the molecule is O=C(O[C@H](C(=O)O)[C@@H](OC(=O)c1cccc(C(F)(F)F)c1)C(=O)Nc1cccc(Br)c1)c1cccc(C(F)(F)F)c1. The molecule has 0 aliphatic heterocycles. The number of carbonyl (C=O) groups excluding carboxylic acids is 3. The first-order valence-corrected chi connectivity index (χ1v) is 11.9. The smallest absolute Gasteiger partial charge is 0.416 e. The van der Waals surface area contributed by atoms with Gasteiger partial charge in [0, 0.05) is 10.2 Å². The number of alkyl halides is 6. The number of anilines is 1. The first-order chi connectivity index (χ1) is 19.1. The molecule has 1 amide bonds. The van der Waals surface area contributed by atoms with Gasteiger partial charge >= 0.3 is 30.3 Å². The second kappa shape index (κ2) is 12.4. The molecule has 0 saturated carbocycles. The van der Waals surface area contributed by atoms with Crippen LogP contribution in [-0.2, 0) is 31.4 Å². The maximum absolute atomic E-state index is 13.1. The summed E-state index contributed by atoms with van der Waals surface area (Å²) < 4.78 is 88.7. The van der Waals surface area contributed by atoms with Crippen LogP contribution in [0.3, 0.4) is 0 Å². The van der Waals surface area contributed by atoms with Gasteiger partial charge < -0.3 is 19.9 Å². The van der Waals surface area contributed by atoms with Gasteiger partial charge in [0.15, 0.2) is 0 Å². The van der Waals surface area contributed by atoms with Gasteiger partial charge in [0.1, 0.15) is 0 Å². The number of benzene rings is 3. The third kappa shape index (κ3) is 8.30. The summed E-state index contributed by atoms with van der Waals surface area (Å²) in [7, 11) is 0. The first kappa shape index (κ1) is 31.1. The molecule has 0 aliphatic carbocycles. The van der Waals surface area contributed by atoms with Crippen molar-refractivity contribution in [1.29, 1.82) is 0 Å². The number of amides is 1. The summed E-state index contributed by atoms with van der Waals surface area (Å²) >= 11 is 3.14. The molecule has 216 valence electrons. The van der Waals surface area contributed by atoms with Crippen molar-refractivity contribution in [1.82, 2.24) is 0 Å². The lowest BCUT2D eigenvalue weighted by Gasteiger charge is -2.24. The van der Waals surface area contributed by atoms with E-state index in [1.54, 1.807) is 6.07 Å². The third-order valence-electron chi connectivity index (χ3n) is 5.19. The number of carboxylic acid groups (broad SMARTS) is 1. The van der Waals surface area contributed by atoms with Crippen LogP contribution in [0.25, 0.3) is 0 Å². The zero-order chi connectivity index (χ0) is 30.5. The molecule has 3 aromatic rings. The number of hydrogen-bond acceptors (Lipinski definition) is 6. The molecule has 3 aromatic carbocycles. The molecule has 0 aliphatic rings. The second-order valence-corrected chi connectivity index (χ2v) is 9.06. The van der Waals surface area contributed by atoms with Crippen molar-refractivity contribution < 1.29 is 60.1 Å². The van der Waals surface area contributed by atoms with Crippen LogP contribution >= 0.6 is 15.9 Å². The number of hydrogen-bond donors (Lipinski definition) is 2. The summed E-state index contributed by atoms with van der Waals surface area (Å²) in [5.41, 5.74) is -3.96. The molecule has 0 radical (unpaired) electrons. The molecule has 0 aromatic heterocycles. The van der Waals surface area contributed by atoms with Crippen LogP contribution in [-0.4, -0.2) is 41.1 Å². The van der Waals surface area contributed by atoms with Crippen LogP contribution in [0.5, 0.6) is 0 Å². The van der Waals surface area contributed by atoms with Gasteiger partial charge in [-0.25, -0.2) is 14.4 Å². The van der Waals surface area contributed by atoms with E-state index in [4.69, 9.17) is 9.47 Å². The normalized spacial score (nSPS) is 13.0. The highest BCUT2D eigenvalue weighted by molar-refractivity contribution is 9.10. The van der Waals surface area contributed by atoms with Gasteiger partial charge in [-0.1, -0.05) is 34.1 Å². The zero-order valence-corrected chi connectivity index (χ0v) is 21.7. The fourth-order valence-electron chi connectivity index (χ4n) is 3.29. The van der Waals surface area contributed by atoms with E-state index in [9.17, 15) is 50.6 Å². The van der Waals surface area contributed by atoms with E-state index in [0.29, 0.717) is 28.7 Å². The fourth-order valence-corrected chi connectivity index (χ4v) is 3.69. The summed E-state index contributed by atoms with van der Waals surface area (Å²) in [6.07, 6.45) is -14.9. The molecular formula is C26H16BrF6NO7. The Hall–Kier alpha value is -4.40. The maximum Gasteiger partial charge on any atom is 0.416 e. The van der Waals surface area contributed by atoms with Gasteiger partial charge in [0.2, 0.25) is 12.2 Å².